The summed E-state index contributed by atoms with van der Waals surface area (Å²) in [5, 5.41) is 6.49. The van der Waals surface area contributed by atoms with Gasteiger partial charge in [0.25, 0.3) is 0 Å². The van der Waals surface area contributed by atoms with Gasteiger partial charge in [0.15, 0.2) is 5.96 Å². The Morgan fingerprint density at radius 2 is 1.96 bits per heavy atom. The van der Waals surface area contributed by atoms with Gasteiger partial charge in [-0.1, -0.05) is 13.3 Å². The van der Waals surface area contributed by atoms with E-state index in [1.165, 1.54) is 0 Å². The lowest BCUT2D eigenvalue weighted by Crippen LogP contribution is -2.63. The van der Waals surface area contributed by atoms with E-state index < -0.39 is 5.60 Å². The minimum absolute atomic E-state index is 0. The highest BCUT2D eigenvalue weighted by Gasteiger charge is 2.34. The number of ether oxygens (including phenoxy) is 2. The van der Waals surface area contributed by atoms with Crippen LogP contribution in [0.1, 0.15) is 40.5 Å². The third kappa shape index (κ3) is 9.51. The summed E-state index contributed by atoms with van der Waals surface area (Å²) in [6, 6.07) is 0.203. The van der Waals surface area contributed by atoms with Gasteiger partial charge in [0.1, 0.15) is 5.60 Å². The first kappa shape index (κ1) is 23.2. The summed E-state index contributed by atoms with van der Waals surface area (Å²) in [6.07, 6.45) is 1.98. The van der Waals surface area contributed by atoms with Gasteiger partial charge in [-0.05, 0) is 27.2 Å². The van der Waals surface area contributed by atoms with Crippen LogP contribution in [0.3, 0.4) is 0 Å². The molecule has 0 saturated carbocycles. The molecule has 1 amide bonds. The molecule has 1 fully saturated rings. The number of rotatable bonds is 7. The van der Waals surface area contributed by atoms with Gasteiger partial charge in [0, 0.05) is 33.3 Å². The molecule has 0 bridgehead atoms. The first-order chi connectivity index (χ1) is 10.9. The Labute approximate surface area is 162 Å². The van der Waals surface area contributed by atoms with Crippen LogP contribution in [0.15, 0.2) is 4.99 Å². The molecule has 2 N–H and O–H groups in total. The van der Waals surface area contributed by atoms with Crippen molar-refractivity contribution in [1.29, 1.82) is 0 Å². The Bertz CT molecular complexity index is 393. The van der Waals surface area contributed by atoms with Gasteiger partial charge in [0.2, 0.25) is 0 Å². The highest BCUT2D eigenvalue weighted by Crippen LogP contribution is 2.15. The number of likely N-dealkylation sites (tertiary alicyclic amines) is 1. The fourth-order valence-electron chi connectivity index (χ4n) is 2.02. The molecule has 1 aliphatic rings. The number of nitrogens with zero attached hydrogens (tertiary/aromatic N) is 2. The summed E-state index contributed by atoms with van der Waals surface area (Å²) in [4.78, 5) is 17.7. The van der Waals surface area contributed by atoms with Crippen molar-refractivity contribution < 1.29 is 14.3 Å². The van der Waals surface area contributed by atoms with Crippen molar-refractivity contribution >= 4 is 36.0 Å². The van der Waals surface area contributed by atoms with Crippen molar-refractivity contribution in [3.05, 3.63) is 0 Å². The molecule has 0 aromatic carbocycles. The Morgan fingerprint density at radius 1 is 1.29 bits per heavy atom. The lowest BCUT2D eigenvalue weighted by Gasteiger charge is -2.40. The van der Waals surface area contributed by atoms with Gasteiger partial charge < -0.3 is 25.0 Å². The first-order valence-corrected chi connectivity index (χ1v) is 8.38. The maximum Gasteiger partial charge on any atom is 0.410 e. The second-order valence-corrected chi connectivity index (χ2v) is 6.69. The topological polar surface area (TPSA) is 75.2 Å². The van der Waals surface area contributed by atoms with Gasteiger partial charge in [-0.3, -0.25) is 4.99 Å². The predicted molar refractivity (Wildman–Crippen MR) is 107 cm³/mol. The lowest BCUT2D eigenvalue weighted by atomic mass is 10.1. The summed E-state index contributed by atoms with van der Waals surface area (Å²) in [7, 11) is 1.73. The number of amides is 1. The van der Waals surface area contributed by atoms with Crippen molar-refractivity contribution in [2.75, 3.05) is 39.9 Å². The molecule has 1 heterocycles. The van der Waals surface area contributed by atoms with Crippen molar-refractivity contribution in [2.24, 2.45) is 4.99 Å². The predicted octanol–water partition coefficient (Wildman–Crippen LogP) is 2.21. The zero-order chi connectivity index (χ0) is 17.3. The molecule has 0 aromatic rings. The molecule has 1 aliphatic heterocycles. The minimum Gasteiger partial charge on any atom is -0.444 e. The standard InChI is InChI=1S/C16H32N4O3.HI/c1-6-7-9-22-10-8-18-14(17-5)19-13-11-20(12-13)15(21)23-16(2,3)4;/h13H,6-12H2,1-5H3,(H2,17,18,19);1H. The highest BCUT2D eigenvalue weighted by molar-refractivity contribution is 14.0. The highest BCUT2D eigenvalue weighted by atomic mass is 127. The molecule has 24 heavy (non-hydrogen) atoms. The van der Waals surface area contributed by atoms with Crippen LogP contribution in [0.25, 0.3) is 0 Å². The van der Waals surface area contributed by atoms with Gasteiger partial charge in [0.05, 0.1) is 12.6 Å². The van der Waals surface area contributed by atoms with Crippen molar-refractivity contribution in [2.45, 2.75) is 52.2 Å². The largest absolute Gasteiger partial charge is 0.444 e. The molecule has 0 spiro atoms. The molecule has 0 aliphatic carbocycles. The molecule has 0 unspecified atom stereocenters. The van der Waals surface area contributed by atoms with Crippen LogP contribution >= 0.6 is 24.0 Å². The maximum absolute atomic E-state index is 11.9. The number of aliphatic imine (C=N–C) groups is 1. The Balaban J connectivity index is 0.00000529. The van der Waals surface area contributed by atoms with E-state index in [1.54, 1.807) is 11.9 Å². The molecule has 1 saturated heterocycles. The average Bonchev–Trinajstić information content (AvgIpc) is 2.41. The molecule has 142 valence electrons. The van der Waals surface area contributed by atoms with Crippen LogP contribution in [-0.4, -0.2) is 68.5 Å². The number of nitrogens with one attached hydrogen (secondary N) is 2. The van der Waals surface area contributed by atoms with Gasteiger partial charge in [-0.2, -0.15) is 0 Å². The lowest BCUT2D eigenvalue weighted by molar-refractivity contribution is 0.00700. The van der Waals surface area contributed by atoms with E-state index in [1.807, 2.05) is 20.8 Å². The summed E-state index contributed by atoms with van der Waals surface area (Å²) in [6.45, 7) is 11.2. The molecule has 0 aromatic heterocycles. The monoisotopic (exact) mass is 456 g/mol. The molecular weight excluding hydrogens is 423 g/mol. The summed E-state index contributed by atoms with van der Waals surface area (Å²) in [5.74, 6) is 0.734. The van der Waals surface area contributed by atoms with Crippen LogP contribution in [0.5, 0.6) is 0 Å². The van der Waals surface area contributed by atoms with E-state index in [0.29, 0.717) is 26.2 Å². The third-order valence-corrected chi connectivity index (χ3v) is 3.28. The minimum atomic E-state index is -0.453. The molecule has 7 nitrogen and oxygen atoms in total. The van der Waals surface area contributed by atoms with Gasteiger partial charge in [-0.15, -0.1) is 24.0 Å². The van der Waals surface area contributed by atoms with Crippen molar-refractivity contribution in [1.82, 2.24) is 15.5 Å². The van der Waals surface area contributed by atoms with Gasteiger partial charge >= 0.3 is 6.09 Å². The smallest absolute Gasteiger partial charge is 0.410 e. The number of carbonyl (C=O) groups excluding carboxylic acids is 1. The maximum atomic E-state index is 11.9. The second kappa shape index (κ2) is 11.7. The summed E-state index contributed by atoms with van der Waals surface area (Å²) < 4.78 is 10.8. The fraction of sp³-hybridized carbons (Fsp3) is 0.875. The van der Waals surface area contributed by atoms with Crippen LogP contribution in [-0.2, 0) is 9.47 Å². The normalized spacial score (nSPS) is 15.4. The van der Waals surface area contributed by atoms with E-state index in [2.05, 4.69) is 22.5 Å². The van der Waals surface area contributed by atoms with Crippen LogP contribution in [0.2, 0.25) is 0 Å². The zero-order valence-electron chi connectivity index (χ0n) is 15.6. The number of guanidine groups is 1. The quantitative estimate of drug-likeness (QED) is 0.266. The van der Waals surface area contributed by atoms with E-state index in [-0.39, 0.29) is 36.1 Å². The molecule has 1 rings (SSSR count). The Morgan fingerprint density at radius 3 is 2.50 bits per heavy atom. The SMILES string of the molecule is CCCCOCCNC(=NC)NC1CN(C(=O)OC(C)(C)C)C1.I. The van der Waals surface area contributed by atoms with Crippen LogP contribution in [0, 0.1) is 0 Å². The molecule has 8 heteroatoms. The summed E-state index contributed by atoms with van der Waals surface area (Å²) >= 11 is 0. The molecular formula is C16H33IN4O3. The number of unbranched alkanes of at least 4 members (excludes halogenated alkanes) is 1. The van der Waals surface area contributed by atoms with E-state index in [9.17, 15) is 4.79 Å². The third-order valence-electron chi connectivity index (χ3n) is 3.28. The van der Waals surface area contributed by atoms with Crippen LogP contribution in [0.4, 0.5) is 4.79 Å². The Kier molecular flexibility index (Phi) is 11.4. The first-order valence-electron chi connectivity index (χ1n) is 8.38. The number of hydrogen-bond acceptors (Lipinski definition) is 4. The van der Waals surface area contributed by atoms with Crippen LogP contribution < -0.4 is 10.6 Å². The fourth-order valence-corrected chi connectivity index (χ4v) is 2.02. The Hall–Kier alpha value is -0.770. The number of carbonyl (C=O) groups is 1. The average molecular weight is 456 g/mol. The summed E-state index contributed by atoms with van der Waals surface area (Å²) in [5.41, 5.74) is -0.453. The van der Waals surface area contributed by atoms with Crippen molar-refractivity contribution in [3.63, 3.8) is 0 Å². The number of hydrogen-bond donors (Lipinski definition) is 2. The number of halogens is 1. The van der Waals surface area contributed by atoms with E-state index in [4.69, 9.17) is 9.47 Å². The second-order valence-electron chi connectivity index (χ2n) is 6.69. The zero-order valence-corrected chi connectivity index (χ0v) is 17.9. The van der Waals surface area contributed by atoms with E-state index >= 15 is 0 Å². The molecule has 0 radical (unpaired) electrons. The van der Waals surface area contributed by atoms with Crippen molar-refractivity contribution in [3.8, 4) is 0 Å². The van der Waals surface area contributed by atoms with E-state index in [0.717, 1.165) is 25.4 Å². The molecule has 0 atom stereocenters. The van der Waals surface area contributed by atoms with Gasteiger partial charge in [-0.25, -0.2) is 4.79 Å².